The molecular weight excluding hydrogens is 503 g/mol. The molecule has 1 heterocycles. The predicted octanol–water partition coefficient (Wildman–Crippen LogP) is 5.43. The first-order valence-electron chi connectivity index (χ1n) is 12.2. The molecule has 38 heavy (non-hydrogen) atoms. The van der Waals surface area contributed by atoms with Crippen molar-refractivity contribution in [1.29, 1.82) is 0 Å². The average molecular weight is 532 g/mol. The summed E-state index contributed by atoms with van der Waals surface area (Å²) >= 11 is 0. The van der Waals surface area contributed by atoms with Crippen molar-refractivity contribution in [2.24, 2.45) is 5.92 Å². The van der Waals surface area contributed by atoms with E-state index in [4.69, 9.17) is 4.52 Å². The number of rotatable bonds is 7. The van der Waals surface area contributed by atoms with Gasteiger partial charge in [0.05, 0.1) is 12.0 Å². The first-order valence-corrected chi connectivity index (χ1v) is 12.2. The number of halogens is 3. The van der Waals surface area contributed by atoms with E-state index in [-0.39, 0.29) is 42.2 Å². The van der Waals surface area contributed by atoms with Crippen LogP contribution < -0.4 is 15.3 Å². The number of carbonyl (C=O) groups excluding carboxylic acids is 2. The Kier molecular flexibility index (Phi) is 8.30. The Morgan fingerprint density at radius 3 is 2.61 bits per heavy atom. The molecule has 0 bridgehead atoms. The summed E-state index contributed by atoms with van der Waals surface area (Å²) in [5.41, 5.74) is 0.252. The van der Waals surface area contributed by atoms with Crippen molar-refractivity contribution in [3.8, 4) is 0 Å². The van der Waals surface area contributed by atoms with Gasteiger partial charge in [0.2, 0.25) is 18.0 Å². The fourth-order valence-corrected chi connectivity index (χ4v) is 4.51. The van der Waals surface area contributed by atoms with Crippen molar-refractivity contribution in [1.82, 2.24) is 5.27 Å². The van der Waals surface area contributed by atoms with Gasteiger partial charge in [0, 0.05) is 25.1 Å². The molecule has 0 radical (unpaired) electrons. The number of aliphatic hydroxyl groups excluding tert-OH is 1. The van der Waals surface area contributed by atoms with Crippen LogP contribution in [0.4, 0.5) is 35.2 Å². The molecule has 2 unspecified atom stereocenters. The molecule has 0 saturated heterocycles. The zero-order valence-electron chi connectivity index (χ0n) is 20.7. The van der Waals surface area contributed by atoms with Crippen LogP contribution in [0.1, 0.15) is 48.4 Å². The third-order valence-corrected chi connectivity index (χ3v) is 6.48. The number of anilines is 2. The minimum absolute atomic E-state index is 0.00836. The highest BCUT2D eigenvalue weighted by Gasteiger charge is 2.32. The molecule has 3 aromatic rings. The summed E-state index contributed by atoms with van der Waals surface area (Å²) < 4.78 is 47.2. The van der Waals surface area contributed by atoms with Crippen molar-refractivity contribution in [2.75, 3.05) is 17.2 Å². The van der Waals surface area contributed by atoms with Gasteiger partial charge in [0.15, 0.2) is 17.3 Å². The number of alkyl halides is 3. The molecule has 0 spiro atoms. The number of aryl methyl sites for hydroxylation is 1. The Bertz CT molecular complexity index is 1290. The Morgan fingerprint density at radius 1 is 1.16 bits per heavy atom. The smallest absolute Gasteiger partial charge is 0.416 e. The molecule has 0 aliphatic heterocycles. The van der Waals surface area contributed by atoms with Crippen LogP contribution in [0.25, 0.3) is 5.32 Å². The number of carbonyl (C=O) groups is 2. The zero-order chi connectivity index (χ0) is 27.3. The van der Waals surface area contributed by atoms with Gasteiger partial charge in [0.1, 0.15) is 0 Å². The lowest BCUT2D eigenvalue weighted by Crippen LogP contribution is -2.43. The number of hydrogen-bond acceptors (Lipinski definition) is 5. The number of benzene rings is 2. The van der Waals surface area contributed by atoms with E-state index in [1.807, 2.05) is 19.1 Å². The highest BCUT2D eigenvalue weighted by Crippen LogP contribution is 2.34. The van der Waals surface area contributed by atoms with E-state index >= 15 is 0 Å². The van der Waals surface area contributed by atoms with Gasteiger partial charge >= 0.3 is 6.18 Å². The fourth-order valence-electron chi connectivity index (χ4n) is 4.51. The van der Waals surface area contributed by atoms with Crippen LogP contribution in [0.5, 0.6) is 0 Å². The van der Waals surface area contributed by atoms with E-state index < -0.39 is 23.7 Å². The summed E-state index contributed by atoms with van der Waals surface area (Å²) in [6, 6.07) is 8.98. The van der Waals surface area contributed by atoms with Crippen LogP contribution >= 0.6 is 0 Å². The highest BCUT2D eigenvalue weighted by molar-refractivity contribution is 6.04. The van der Waals surface area contributed by atoms with Crippen LogP contribution in [0.15, 0.2) is 53.2 Å². The maximum Gasteiger partial charge on any atom is 0.416 e. The second-order valence-corrected chi connectivity index (χ2v) is 9.38. The van der Waals surface area contributed by atoms with E-state index in [9.17, 15) is 27.9 Å². The molecule has 1 aliphatic carbocycles. The van der Waals surface area contributed by atoms with E-state index in [1.165, 1.54) is 12.3 Å². The predicted molar refractivity (Wildman–Crippen MR) is 132 cm³/mol. The minimum Gasteiger partial charge on any atom is -0.424 e. The van der Waals surface area contributed by atoms with Crippen molar-refractivity contribution in [3.05, 3.63) is 70.7 Å². The van der Waals surface area contributed by atoms with Gasteiger partial charge in [-0.1, -0.05) is 28.9 Å². The third kappa shape index (κ3) is 7.09. The quantitative estimate of drug-likeness (QED) is 0.351. The van der Waals surface area contributed by atoms with Gasteiger partial charge in [-0.15, -0.1) is 0 Å². The summed E-state index contributed by atoms with van der Waals surface area (Å²) in [5, 5.41) is 21.8. The molecule has 3 N–H and O–H groups in total. The molecule has 9 nitrogen and oxygen atoms in total. The second-order valence-electron chi connectivity index (χ2n) is 9.38. The maximum absolute atomic E-state index is 13.5. The minimum atomic E-state index is -4.71. The summed E-state index contributed by atoms with van der Waals surface area (Å²) in [7, 11) is 0. The van der Waals surface area contributed by atoms with Crippen molar-refractivity contribution in [3.63, 3.8) is 0 Å². The first-order chi connectivity index (χ1) is 18.1. The first kappa shape index (κ1) is 27.1. The lowest BCUT2D eigenvalue weighted by atomic mass is 9.86. The molecule has 1 aliphatic rings. The Balaban J connectivity index is 1.43. The fraction of sp³-hybridized carbons (Fsp3) is 0.385. The number of nitrogens with zero attached hydrogens (tertiary/aromatic N) is 3. The van der Waals surface area contributed by atoms with Gasteiger partial charge in [0.25, 0.3) is 0 Å². The molecule has 3 amide bonds. The lowest BCUT2D eigenvalue weighted by molar-refractivity contribution is -0.788. The lowest BCUT2D eigenvalue weighted by Gasteiger charge is -2.21. The maximum atomic E-state index is 13.5. The summed E-state index contributed by atoms with van der Waals surface area (Å²) in [6.07, 6.45) is 0.0946. The van der Waals surface area contributed by atoms with Crippen molar-refractivity contribution in [2.45, 2.75) is 51.2 Å². The van der Waals surface area contributed by atoms with Crippen LogP contribution in [0.3, 0.4) is 0 Å². The van der Waals surface area contributed by atoms with Crippen LogP contribution in [-0.2, 0) is 17.4 Å². The average Bonchev–Trinajstić information content (AvgIpc) is 3.33. The van der Waals surface area contributed by atoms with Crippen LogP contribution in [0, 0.1) is 12.8 Å². The molecule has 202 valence electrons. The molecule has 1 saturated carbocycles. The topological polar surface area (TPSA) is 122 Å². The Morgan fingerprint density at radius 2 is 1.89 bits per heavy atom. The molecule has 2 atom stereocenters. The third-order valence-electron chi connectivity index (χ3n) is 6.48. The van der Waals surface area contributed by atoms with Crippen LogP contribution in [0.2, 0.25) is 0 Å². The standard InChI is InChI=1S/C26H28F3N5O4/c1-16-5-2-3-7-18(16)10-23(36)30-20-11-19(26(27,28)29)12-21(13-20)31-25(37)32-24-14-34(33-38-24)22-8-4-6-17(9-22)15-35/h2-3,5,7,11-14,17,22,35H,4,6,8-10,15H2,1H3,(H2-,30,31,32,33,36,37). The Labute approximate surface area is 217 Å². The monoisotopic (exact) mass is 531 g/mol. The van der Waals surface area contributed by atoms with E-state index in [0.717, 1.165) is 42.5 Å². The van der Waals surface area contributed by atoms with E-state index in [0.29, 0.717) is 6.42 Å². The number of amides is 3. The SMILES string of the molecule is Cc1ccccc1CC(=O)Nc1cc(NC(=O)[N-]c2c[n+](C3CCCC(CO)C3)no2)cc(C(F)(F)F)c1. The number of urea groups is 1. The number of nitrogens with one attached hydrogen (secondary N) is 2. The number of hydrogen-bond donors (Lipinski definition) is 3. The van der Waals surface area contributed by atoms with Gasteiger partial charge in [-0.05, 0) is 60.7 Å². The van der Waals surface area contributed by atoms with Gasteiger partial charge in [-0.25, -0.2) is 0 Å². The zero-order valence-corrected chi connectivity index (χ0v) is 20.7. The Hall–Kier alpha value is -3.93. The van der Waals surface area contributed by atoms with Crippen molar-refractivity contribution >= 4 is 29.2 Å². The van der Waals surface area contributed by atoms with Crippen molar-refractivity contribution < 1.29 is 37.1 Å². The van der Waals surface area contributed by atoms with E-state index in [2.05, 4.69) is 21.2 Å². The van der Waals surface area contributed by atoms with Crippen LogP contribution in [-0.4, -0.2) is 28.9 Å². The summed E-state index contributed by atoms with van der Waals surface area (Å²) in [6.45, 7) is 1.92. The molecule has 12 heteroatoms. The summed E-state index contributed by atoms with van der Waals surface area (Å²) in [4.78, 5) is 25.0. The number of aromatic nitrogens is 2. The second kappa shape index (κ2) is 11.6. The largest absolute Gasteiger partial charge is 0.424 e. The number of aliphatic hydroxyl groups is 1. The molecule has 4 rings (SSSR count). The normalized spacial score (nSPS) is 17.6. The molecule has 2 aromatic carbocycles. The summed E-state index contributed by atoms with van der Waals surface area (Å²) in [5.74, 6) is -0.459. The van der Waals surface area contributed by atoms with Gasteiger partial charge < -0.3 is 25.6 Å². The van der Waals surface area contributed by atoms with E-state index in [1.54, 1.807) is 16.8 Å². The highest BCUT2D eigenvalue weighted by atomic mass is 19.4. The van der Waals surface area contributed by atoms with Gasteiger partial charge in [-0.2, -0.15) is 13.2 Å². The molecule has 1 fully saturated rings. The molecule has 1 aromatic heterocycles. The van der Waals surface area contributed by atoms with Gasteiger partial charge in [-0.3, -0.25) is 9.59 Å². The molecular formula is C26H28F3N5O4.